The van der Waals surface area contributed by atoms with Crippen molar-refractivity contribution in [1.82, 2.24) is 15.3 Å². The van der Waals surface area contributed by atoms with Crippen molar-refractivity contribution in [1.29, 1.82) is 0 Å². The van der Waals surface area contributed by atoms with E-state index in [1.807, 2.05) is 80.6 Å². The fraction of sp³-hybridized carbons (Fsp3) is 0.200. The zero-order chi connectivity index (χ0) is 31.5. The van der Waals surface area contributed by atoms with Crippen LogP contribution in [0.2, 0.25) is 0 Å². The first-order chi connectivity index (χ1) is 21.8. The summed E-state index contributed by atoms with van der Waals surface area (Å²) >= 11 is 0. The topological polar surface area (TPSA) is 131 Å². The number of nitrogens with one attached hydrogen (secondary N) is 5. The number of anilines is 4. The lowest BCUT2D eigenvalue weighted by Gasteiger charge is -2.20. The molecule has 0 saturated heterocycles. The number of carbonyl (C=O) groups is 3. The number of benzene rings is 3. The molecule has 6 rings (SSSR count). The molecule has 3 amide bonds. The Kier molecular flexibility index (Phi) is 8.30. The van der Waals surface area contributed by atoms with E-state index in [9.17, 15) is 14.4 Å². The minimum atomic E-state index is -0.351. The Bertz CT molecular complexity index is 1820. The lowest BCUT2D eigenvalue weighted by atomic mass is 9.99. The van der Waals surface area contributed by atoms with Gasteiger partial charge in [0.15, 0.2) is 5.82 Å². The number of allylic oxidation sites excluding steroid dienone is 1. The molecule has 4 aromatic rings. The number of nitrogens with zero attached hydrogens (tertiary/aromatic N) is 2. The zero-order valence-electron chi connectivity index (χ0n) is 25.4. The average Bonchev–Trinajstić information content (AvgIpc) is 3.63. The van der Waals surface area contributed by atoms with Gasteiger partial charge in [-0.25, -0.2) is 4.98 Å². The van der Waals surface area contributed by atoms with Crippen LogP contribution >= 0.6 is 0 Å². The molecule has 2 aliphatic rings. The van der Waals surface area contributed by atoms with Crippen LogP contribution in [-0.4, -0.2) is 47.3 Å². The maximum atomic E-state index is 13.5. The average molecular weight is 602 g/mol. The number of aromatic nitrogens is 2. The Morgan fingerprint density at radius 2 is 1.73 bits per heavy atom. The molecule has 1 aliphatic heterocycles. The van der Waals surface area contributed by atoms with Crippen LogP contribution in [0.1, 0.15) is 53.4 Å². The van der Waals surface area contributed by atoms with E-state index in [0.717, 1.165) is 41.2 Å². The van der Waals surface area contributed by atoms with Gasteiger partial charge in [0.25, 0.3) is 11.8 Å². The van der Waals surface area contributed by atoms with E-state index in [4.69, 9.17) is 0 Å². The van der Waals surface area contributed by atoms with Crippen molar-refractivity contribution in [2.24, 2.45) is 0 Å². The summed E-state index contributed by atoms with van der Waals surface area (Å²) in [6, 6.07) is 22.7. The number of fused-ring (bicyclic) bond motifs is 2. The van der Waals surface area contributed by atoms with Gasteiger partial charge in [-0.1, -0.05) is 50.3 Å². The number of aryl methyl sites for hydroxylation is 1. The van der Waals surface area contributed by atoms with Crippen molar-refractivity contribution < 1.29 is 14.4 Å². The number of likely N-dealkylation sites (N-methyl/N-ethyl adjacent to an activating group) is 1. The molecule has 0 spiro atoms. The quantitative estimate of drug-likeness (QED) is 0.161. The molecule has 0 radical (unpaired) electrons. The Balaban J connectivity index is 1.26. The summed E-state index contributed by atoms with van der Waals surface area (Å²) in [5, 5.41) is 12.5. The van der Waals surface area contributed by atoms with Gasteiger partial charge in [0, 0.05) is 35.7 Å². The third-order valence-corrected chi connectivity index (χ3v) is 7.75. The molecular weight excluding hydrogens is 566 g/mol. The van der Waals surface area contributed by atoms with Gasteiger partial charge in [0.2, 0.25) is 5.91 Å². The molecular formula is C35H35N7O3. The van der Waals surface area contributed by atoms with Gasteiger partial charge in [-0.3, -0.25) is 14.4 Å². The van der Waals surface area contributed by atoms with Crippen LogP contribution in [0, 0.1) is 0 Å². The highest BCUT2D eigenvalue weighted by atomic mass is 16.2. The van der Waals surface area contributed by atoms with E-state index in [1.165, 1.54) is 0 Å². The van der Waals surface area contributed by atoms with Crippen LogP contribution in [0.3, 0.4) is 0 Å². The molecule has 10 heteroatoms. The smallest absolute Gasteiger partial charge is 0.291 e. The van der Waals surface area contributed by atoms with Gasteiger partial charge >= 0.3 is 0 Å². The molecule has 1 aromatic heterocycles. The maximum Gasteiger partial charge on any atom is 0.291 e. The molecule has 45 heavy (non-hydrogen) atoms. The molecule has 3 aromatic carbocycles. The summed E-state index contributed by atoms with van der Waals surface area (Å²) in [5.41, 5.74) is 7.05. The Labute approximate surface area is 261 Å². The van der Waals surface area contributed by atoms with Gasteiger partial charge in [-0.15, -0.1) is 0 Å². The summed E-state index contributed by atoms with van der Waals surface area (Å²) in [4.78, 5) is 48.2. The minimum Gasteiger partial charge on any atom is -0.354 e. The highest BCUT2D eigenvalue weighted by Gasteiger charge is 2.29. The Morgan fingerprint density at radius 1 is 0.978 bits per heavy atom. The minimum absolute atomic E-state index is 0.0354. The van der Waals surface area contributed by atoms with Crippen LogP contribution in [0.5, 0.6) is 0 Å². The third-order valence-electron chi connectivity index (χ3n) is 7.75. The Morgan fingerprint density at radius 3 is 2.47 bits per heavy atom. The monoisotopic (exact) mass is 601 g/mol. The highest BCUT2D eigenvalue weighted by molar-refractivity contribution is 6.37. The fourth-order valence-electron chi connectivity index (χ4n) is 5.32. The largest absolute Gasteiger partial charge is 0.354 e. The maximum absolute atomic E-state index is 13.5. The summed E-state index contributed by atoms with van der Waals surface area (Å²) in [7, 11) is 1.75. The van der Waals surface area contributed by atoms with Crippen LogP contribution in [0.25, 0.3) is 17.3 Å². The first kappa shape index (κ1) is 29.6. The SMILES string of the molecule is CC(C)NCC(=O)N(C)c1ccc(N/C(=C2\C(=O)Nc3cc(NC(=O)c4nc5c([nH]4)C=CCC5)ccc32)c2ccccc2)cc1. The second-order valence-electron chi connectivity index (χ2n) is 11.3. The van der Waals surface area contributed by atoms with Crippen LogP contribution in [-0.2, 0) is 16.0 Å². The lowest BCUT2D eigenvalue weighted by molar-refractivity contribution is -0.117. The predicted molar refractivity (Wildman–Crippen MR) is 179 cm³/mol. The predicted octanol–water partition coefficient (Wildman–Crippen LogP) is 5.51. The number of hydrogen-bond acceptors (Lipinski definition) is 6. The van der Waals surface area contributed by atoms with Gasteiger partial charge in [0.05, 0.1) is 34.9 Å². The van der Waals surface area contributed by atoms with E-state index in [-0.39, 0.29) is 36.1 Å². The summed E-state index contributed by atoms with van der Waals surface area (Å²) < 4.78 is 0. The number of aromatic amines is 1. The van der Waals surface area contributed by atoms with Gasteiger partial charge < -0.3 is 31.2 Å². The molecule has 0 saturated carbocycles. The van der Waals surface area contributed by atoms with Crippen molar-refractivity contribution >= 4 is 57.8 Å². The highest BCUT2D eigenvalue weighted by Crippen LogP contribution is 2.39. The molecule has 0 unspecified atom stereocenters. The van der Waals surface area contributed by atoms with Crippen molar-refractivity contribution in [3.63, 3.8) is 0 Å². The molecule has 5 N–H and O–H groups in total. The van der Waals surface area contributed by atoms with Gasteiger partial charge in [-0.2, -0.15) is 0 Å². The number of H-pyrrole nitrogens is 1. The standard InChI is InChI=1S/C35H35N7O3/c1-21(2)36-20-30(43)42(3)25-16-13-23(14-17-25)37-32(22-9-5-4-6-10-22)31-26-18-15-24(19-29(26)41-34(31)44)38-35(45)33-39-27-11-7-8-12-28(27)40-33/h4-7,9-11,13-19,21,36-37H,8,12,20H2,1-3H3,(H,38,45)(H,39,40)(H,41,44)/b32-31-. The molecule has 0 atom stereocenters. The summed E-state index contributed by atoms with van der Waals surface area (Å²) in [6.45, 7) is 4.25. The fourth-order valence-corrected chi connectivity index (χ4v) is 5.32. The molecule has 10 nitrogen and oxygen atoms in total. The summed E-state index contributed by atoms with van der Waals surface area (Å²) in [6.07, 6.45) is 5.70. The van der Waals surface area contributed by atoms with Crippen LogP contribution < -0.4 is 26.2 Å². The van der Waals surface area contributed by atoms with Crippen molar-refractivity contribution in [2.75, 3.05) is 34.4 Å². The van der Waals surface area contributed by atoms with Crippen molar-refractivity contribution in [3.8, 4) is 0 Å². The molecule has 2 heterocycles. The second kappa shape index (κ2) is 12.6. The number of hydrogen-bond donors (Lipinski definition) is 5. The molecule has 0 bridgehead atoms. The number of amides is 3. The van der Waals surface area contributed by atoms with E-state index >= 15 is 0 Å². The van der Waals surface area contributed by atoms with E-state index < -0.39 is 0 Å². The van der Waals surface area contributed by atoms with E-state index in [2.05, 4.69) is 37.3 Å². The lowest BCUT2D eigenvalue weighted by Crippen LogP contribution is -2.38. The van der Waals surface area contributed by atoms with E-state index in [1.54, 1.807) is 24.1 Å². The number of imidazole rings is 1. The van der Waals surface area contributed by atoms with Crippen molar-refractivity contribution in [3.05, 3.63) is 107 Å². The first-order valence-electron chi connectivity index (χ1n) is 15.0. The van der Waals surface area contributed by atoms with Gasteiger partial charge in [0.1, 0.15) is 0 Å². The molecule has 1 aliphatic carbocycles. The van der Waals surface area contributed by atoms with Crippen molar-refractivity contribution in [2.45, 2.75) is 32.7 Å². The molecule has 228 valence electrons. The van der Waals surface area contributed by atoms with Crippen LogP contribution in [0.4, 0.5) is 22.7 Å². The van der Waals surface area contributed by atoms with E-state index in [0.29, 0.717) is 28.2 Å². The normalized spacial score (nSPS) is 14.4. The summed E-state index contributed by atoms with van der Waals surface area (Å²) in [5.74, 6) is -0.394. The Hall–Kier alpha value is -5.48. The zero-order valence-corrected chi connectivity index (χ0v) is 25.4. The number of carbonyl (C=O) groups excluding carboxylic acids is 3. The molecule has 0 fully saturated rings. The first-order valence-corrected chi connectivity index (χ1v) is 15.0. The third kappa shape index (κ3) is 6.41. The van der Waals surface area contributed by atoms with Gasteiger partial charge in [-0.05, 0) is 66.9 Å². The second-order valence-corrected chi connectivity index (χ2v) is 11.3. The van der Waals surface area contributed by atoms with Crippen LogP contribution in [0.15, 0.2) is 78.9 Å². The number of rotatable bonds is 9.